The average Bonchev–Trinajstić information content (AvgIpc) is 2.26. The molecule has 0 aliphatic rings. The van der Waals surface area contributed by atoms with Crippen molar-refractivity contribution < 1.29 is 9.53 Å². The maximum absolute atomic E-state index is 11.2. The van der Waals surface area contributed by atoms with Crippen LogP contribution in [-0.4, -0.2) is 35.3 Å². The zero-order valence-electron chi connectivity index (χ0n) is 9.61. The number of nitrogens with zero attached hydrogens (tertiary/aromatic N) is 2. The maximum Gasteiger partial charge on any atom is 0.316 e. The van der Waals surface area contributed by atoms with E-state index >= 15 is 0 Å². The van der Waals surface area contributed by atoms with Gasteiger partial charge in [-0.3, -0.25) is 4.79 Å². The molecule has 0 spiro atoms. The molecule has 1 aromatic heterocycles. The minimum Gasteiger partial charge on any atom is -0.465 e. The lowest BCUT2D eigenvalue weighted by molar-refractivity contribution is -0.139. The van der Waals surface area contributed by atoms with Crippen molar-refractivity contribution in [2.24, 2.45) is 0 Å². The van der Waals surface area contributed by atoms with Crippen molar-refractivity contribution in [2.75, 3.05) is 24.7 Å². The average molecular weight is 241 g/mol. The van der Waals surface area contributed by atoms with Crippen LogP contribution in [0.4, 0.5) is 5.82 Å². The van der Waals surface area contributed by atoms with E-state index in [-0.39, 0.29) is 11.7 Å². The second kappa shape index (κ2) is 6.32. The Morgan fingerprint density at radius 2 is 2.31 bits per heavy atom. The highest BCUT2D eigenvalue weighted by molar-refractivity contribution is 7.99. The number of nitrogens with one attached hydrogen (secondary N) is 1. The van der Waals surface area contributed by atoms with Crippen molar-refractivity contribution >= 4 is 23.5 Å². The van der Waals surface area contributed by atoms with E-state index in [1.165, 1.54) is 11.8 Å². The highest BCUT2D eigenvalue weighted by Gasteiger charge is 2.06. The number of carbonyl (C=O) groups is 1. The van der Waals surface area contributed by atoms with E-state index in [1.54, 1.807) is 20.0 Å². The Hall–Kier alpha value is -1.30. The summed E-state index contributed by atoms with van der Waals surface area (Å²) in [4.78, 5) is 19.5. The first-order chi connectivity index (χ1) is 7.65. The molecule has 6 heteroatoms. The molecule has 0 aliphatic carbocycles. The van der Waals surface area contributed by atoms with Crippen molar-refractivity contribution in [3.8, 4) is 0 Å². The van der Waals surface area contributed by atoms with Gasteiger partial charge in [0.1, 0.15) is 16.7 Å². The summed E-state index contributed by atoms with van der Waals surface area (Å²) in [6, 6.07) is 1.80. The number of aromatic nitrogens is 2. The van der Waals surface area contributed by atoms with E-state index < -0.39 is 0 Å². The molecular weight excluding hydrogens is 226 g/mol. The number of anilines is 1. The first kappa shape index (κ1) is 12.8. The number of hydrogen-bond acceptors (Lipinski definition) is 6. The third-order valence-corrected chi connectivity index (χ3v) is 2.60. The molecule has 1 rings (SSSR count). The van der Waals surface area contributed by atoms with Gasteiger partial charge in [-0.15, -0.1) is 0 Å². The summed E-state index contributed by atoms with van der Waals surface area (Å²) in [5.41, 5.74) is 0. The predicted octanol–water partition coefficient (Wildman–Crippen LogP) is 1.48. The summed E-state index contributed by atoms with van der Waals surface area (Å²) >= 11 is 1.35. The number of carbonyl (C=O) groups excluding carboxylic acids is 1. The second-order valence-corrected chi connectivity index (χ2v) is 3.98. The summed E-state index contributed by atoms with van der Waals surface area (Å²) in [6.45, 7) is 4.01. The molecule has 0 amide bonds. The molecule has 5 nitrogen and oxygen atoms in total. The van der Waals surface area contributed by atoms with Gasteiger partial charge in [0, 0.05) is 13.1 Å². The lowest BCUT2D eigenvalue weighted by Crippen LogP contribution is -2.07. The fraction of sp³-hybridized carbons (Fsp3) is 0.500. The van der Waals surface area contributed by atoms with Crippen molar-refractivity contribution in [1.82, 2.24) is 9.97 Å². The van der Waals surface area contributed by atoms with Gasteiger partial charge in [0.25, 0.3) is 0 Å². The van der Waals surface area contributed by atoms with Crippen LogP contribution in [0.1, 0.15) is 12.7 Å². The predicted molar refractivity (Wildman–Crippen MR) is 63.7 cm³/mol. The number of ether oxygens (including phenoxy) is 1. The Morgan fingerprint density at radius 1 is 1.56 bits per heavy atom. The topological polar surface area (TPSA) is 64.1 Å². The van der Waals surface area contributed by atoms with Gasteiger partial charge in [0.2, 0.25) is 0 Å². The molecule has 0 atom stereocenters. The molecule has 0 saturated heterocycles. The van der Waals surface area contributed by atoms with Gasteiger partial charge in [-0.2, -0.15) is 0 Å². The van der Waals surface area contributed by atoms with E-state index in [9.17, 15) is 4.79 Å². The highest BCUT2D eigenvalue weighted by Crippen LogP contribution is 2.18. The number of hydrogen-bond donors (Lipinski definition) is 1. The molecule has 88 valence electrons. The number of aryl methyl sites for hydroxylation is 1. The van der Waals surface area contributed by atoms with Gasteiger partial charge in [0.05, 0.1) is 12.4 Å². The van der Waals surface area contributed by atoms with E-state index in [0.717, 1.165) is 10.8 Å². The lowest BCUT2D eigenvalue weighted by Gasteiger charge is -2.05. The summed E-state index contributed by atoms with van der Waals surface area (Å²) in [6.07, 6.45) is 0. The van der Waals surface area contributed by atoms with Crippen LogP contribution in [0.15, 0.2) is 11.1 Å². The normalized spacial score (nSPS) is 9.94. The molecule has 16 heavy (non-hydrogen) atoms. The summed E-state index contributed by atoms with van der Waals surface area (Å²) in [5, 5.41) is 3.71. The van der Waals surface area contributed by atoms with E-state index in [0.29, 0.717) is 12.4 Å². The molecule has 0 aliphatic heterocycles. The lowest BCUT2D eigenvalue weighted by atomic mass is 10.5. The molecule has 0 radical (unpaired) electrons. The van der Waals surface area contributed by atoms with Crippen LogP contribution in [0.3, 0.4) is 0 Å². The Kier molecular flexibility index (Phi) is 5.04. The molecule has 1 N–H and O–H groups in total. The Labute approximate surface area is 99.0 Å². The monoisotopic (exact) mass is 241 g/mol. The minimum absolute atomic E-state index is 0.227. The van der Waals surface area contributed by atoms with Crippen LogP contribution < -0.4 is 5.32 Å². The smallest absolute Gasteiger partial charge is 0.316 e. The minimum atomic E-state index is -0.227. The third-order valence-electron chi connectivity index (χ3n) is 1.71. The number of esters is 1. The second-order valence-electron chi connectivity index (χ2n) is 2.98. The van der Waals surface area contributed by atoms with E-state index in [4.69, 9.17) is 4.74 Å². The van der Waals surface area contributed by atoms with Gasteiger partial charge < -0.3 is 10.1 Å². The Balaban J connectivity index is 2.59. The SMILES string of the molecule is CCOC(=O)CSc1cc(NC)nc(C)n1. The van der Waals surface area contributed by atoms with Crippen molar-refractivity contribution in [3.05, 3.63) is 11.9 Å². The maximum atomic E-state index is 11.2. The van der Waals surface area contributed by atoms with Gasteiger partial charge in [-0.25, -0.2) is 9.97 Å². The van der Waals surface area contributed by atoms with E-state index in [2.05, 4.69) is 15.3 Å². The van der Waals surface area contributed by atoms with Crippen LogP contribution in [0.5, 0.6) is 0 Å². The molecule has 0 fully saturated rings. The molecule has 0 aromatic carbocycles. The van der Waals surface area contributed by atoms with Gasteiger partial charge >= 0.3 is 5.97 Å². The molecule has 0 bridgehead atoms. The third kappa shape index (κ3) is 4.06. The van der Waals surface area contributed by atoms with E-state index in [1.807, 2.05) is 6.92 Å². The zero-order chi connectivity index (χ0) is 12.0. The Morgan fingerprint density at radius 3 is 2.94 bits per heavy atom. The molecule has 0 unspecified atom stereocenters. The van der Waals surface area contributed by atoms with Gasteiger partial charge in [-0.1, -0.05) is 11.8 Å². The fourth-order valence-corrected chi connectivity index (χ4v) is 1.82. The largest absolute Gasteiger partial charge is 0.465 e. The van der Waals surface area contributed by atoms with Crippen molar-refractivity contribution in [3.63, 3.8) is 0 Å². The first-order valence-electron chi connectivity index (χ1n) is 4.97. The van der Waals surface area contributed by atoms with Crippen molar-refractivity contribution in [1.29, 1.82) is 0 Å². The number of thioether (sulfide) groups is 1. The van der Waals surface area contributed by atoms with Gasteiger partial charge in [-0.05, 0) is 13.8 Å². The van der Waals surface area contributed by atoms with Crippen LogP contribution in [0, 0.1) is 6.92 Å². The highest BCUT2D eigenvalue weighted by atomic mass is 32.2. The van der Waals surface area contributed by atoms with Gasteiger partial charge in [0.15, 0.2) is 0 Å². The van der Waals surface area contributed by atoms with Crippen molar-refractivity contribution in [2.45, 2.75) is 18.9 Å². The fourth-order valence-electron chi connectivity index (χ4n) is 1.08. The molecule has 1 aromatic rings. The van der Waals surface area contributed by atoms with Crippen LogP contribution in [0.25, 0.3) is 0 Å². The molecule has 0 saturated carbocycles. The standard InChI is InChI=1S/C10H15N3O2S/c1-4-15-10(14)6-16-9-5-8(11-3)12-7(2)13-9/h5H,4,6H2,1-3H3,(H,11,12,13). The summed E-state index contributed by atoms with van der Waals surface area (Å²) in [7, 11) is 1.79. The van der Waals surface area contributed by atoms with Crippen LogP contribution >= 0.6 is 11.8 Å². The first-order valence-corrected chi connectivity index (χ1v) is 5.96. The Bertz CT molecular complexity index is 371. The van der Waals surface area contributed by atoms with Crippen LogP contribution in [-0.2, 0) is 9.53 Å². The molecule has 1 heterocycles. The quantitative estimate of drug-likeness (QED) is 0.478. The summed E-state index contributed by atoms with van der Waals surface area (Å²) in [5.74, 6) is 1.47. The van der Waals surface area contributed by atoms with Crippen LogP contribution in [0.2, 0.25) is 0 Å². The summed E-state index contributed by atoms with van der Waals surface area (Å²) < 4.78 is 4.83. The zero-order valence-corrected chi connectivity index (χ0v) is 10.4. The molecular formula is C10H15N3O2S. The number of rotatable bonds is 5.